The number of nitriles is 1. The molecule has 1 heterocycles. The van der Waals surface area contributed by atoms with Crippen molar-refractivity contribution in [2.45, 2.75) is 26.2 Å². The van der Waals surface area contributed by atoms with Gasteiger partial charge in [0, 0.05) is 19.3 Å². The third-order valence-corrected chi connectivity index (χ3v) is 2.72. The highest BCUT2D eigenvalue weighted by Crippen LogP contribution is 2.12. The highest BCUT2D eigenvalue weighted by molar-refractivity contribution is 5.19. The van der Waals surface area contributed by atoms with E-state index in [0.29, 0.717) is 31.0 Å². The number of rotatable bonds is 5. The number of benzene rings is 1. The van der Waals surface area contributed by atoms with Crippen LogP contribution in [0.15, 0.2) is 28.8 Å². The summed E-state index contributed by atoms with van der Waals surface area (Å²) in [6.45, 7) is 1.96. The lowest BCUT2D eigenvalue weighted by atomic mass is 10.1. The average Bonchev–Trinajstić information content (AvgIpc) is 2.76. The molecule has 98 valence electrons. The maximum Gasteiger partial charge on any atom is 0.226 e. The summed E-state index contributed by atoms with van der Waals surface area (Å²) in [6, 6.07) is 8.43. The molecular formula is C14H14FN3O. The monoisotopic (exact) mass is 259 g/mol. The van der Waals surface area contributed by atoms with Gasteiger partial charge in [-0.2, -0.15) is 10.2 Å². The zero-order valence-electron chi connectivity index (χ0n) is 10.6. The number of hydrogen-bond acceptors (Lipinski definition) is 4. The average molecular weight is 259 g/mol. The van der Waals surface area contributed by atoms with Gasteiger partial charge in [-0.25, -0.2) is 4.39 Å². The molecule has 0 bridgehead atoms. The van der Waals surface area contributed by atoms with Gasteiger partial charge in [0.2, 0.25) is 5.89 Å². The lowest BCUT2D eigenvalue weighted by Crippen LogP contribution is -1.99. The zero-order valence-corrected chi connectivity index (χ0v) is 10.6. The molecular weight excluding hydrogens is 245 g/mol. The highest BCUT2D eigenvalue weighted by atomic mass is 19.1. The van der Waals surface area contributed by atoms with Gasteiger partial charge < -0.3 is 4.52 Å². The van der Waals surface area contributed by atoms with Crippen molar-refractivity contribution in [3.8, 4) is 6.07 Å². The molecule has 0 aliphatic rings. The third-order valence-electron chi connectivity index (χ3n) is 2.72. The first kappa shape index (κ1) is 13.2. The predicted molar refractivity (Wildman–Crippen MR) is 66.6 cm³/mol. The molecule has 0 aliphatic heterocycles. The Labute approximate surface area is 110 Å². The van der Waals surface area contributed by atoms with Gasteiger partial charge in [-0.05, 0) is 23.6 Å². The van der Waals surface area contributed by atoms with Crippen LogP contribution < -0.4 is 0 Å². The van der Waals surface area contributed by atoms with E-state index in [2.05, 4.69) is 16.2 Å². The van der Waals surface area contributed by atoms with Crippen LogP contribution in [0.5, 0.6) is 0 Å². The normalized spacial score (nSPS) is 12.1. The molecule has 0 amide bonds. The molecule has 1 aromatic heterocycles. The summed E-state index contributed by atoms with van der Waals surface area (Å²) in [5.41, 5.74) is 0.803. The molecule has 19 heavy (non-hydrogen) atoms. The van der Waals surface area contributed by atoms with Crippen molar-refractivity contribution in [3.63, 3.8) is 0 Å². The fourth-order valence-corrected chi connectivity index (χ4v) is 1.80. The number of aromatic nitrogens is 2. The van der Waals surface area contributed by atoms with Crippen molar-refractivity contribution < 1.29 is 8.91 Å². The molecule has 0 N–H and O–H groups in total. The van der Waals surface area contributed by atoms with Crippen molar-refractivity contribution in [1.29, 1.82) is 5.26 Å². The van der Waals surface area contributed by atoms with Crippen molar-refractivity contribution in [3.05, 3.63) is 47.4 Å². The van der Waals surface area contributed by atoms with Crippen LogP contribution in [0.2, 0.25) is 0 Å². The van der Waals surface area contributed by atoms with Gasteiger partial charge in [-0.3, -0.25) is 0 Å². The Morgan fingerprint density at radius 1 is 1.47 bits per heavy atom. The Bertz CT molecular complexity index is 588. The molecule has 0 radical (unpaired) electrons. The summed E-state index contributed by atoms with van der Waals surface area (Å²) in [4.78, 5) is 4.25. The Morgan fingerprint density at radius 2 is 2.32 bits per heavy atom. The molecule has 0 saturated heterocycles. The van der Waals surface area contributed by atoms with Gasteiger partial charge in [0.05, 0.1) is 6.07 Å². The molecule has 1 aromatic carbocycles. The van der Waals surface area contributed by atoms with Crippen molar-refractivity contribution in [2.24, 2.45) is 5.92 Å². The van der Waals surface area contributed by atoms with E-state index >= 15 is 0 Å². The van der Waals surface area contributed by atoms with Gasteiger partial charge in [-0.15, -0.1) is 0 Å². The van der Waals surface area contributed by atoms with E-state index < -0.39 is 0 Å². The number of nitrogens with zero attached hydrogens (tertiary/aromatic N) is 3. The first-order valence-electron chi connectivity index (χ1n) is 6.10. The summed E-state index contributed by atoms with van der Waals surface area (Å²) in [5.74, 6) is 0.968. The molecule has 0 saturated carbocycles. The molecule has 4 nitrogen and oxygen atoms in total. The summed E-state index contributed by atoms with van der Waals surface area (Å²) < 4.78 is 18.2. The quantitative estimate of drug-likeness (QED) is 0.828. The number of halogens is 1. The summed E-state index contributed by atoms with van der Waals surface area (Å²) in [7, 11) is 0. The Morgan fingerprint density at radius 3 is 3.05 bits per heavy atom. The highest BCUT2D eigenvalue weighted by Gasteiger charge is 2.11. The number of hydrogen-bond donors (Lipinski definition) is 0. The van der Waals surface area contributed by atoms with Crippen LogP contribution in [0.25, 0.3) is 0 Å². The van der Waals surface area contributed by atoms with Gasteiger partial charge >= 0.3 is 0 Å². The minimum atomic E-state index is -0.274. The van der Waals surface area contributed by atoms with Crippen LogP contribution in [0.3, 0.4) is 0 Å². The minimum Gasteiger partial charge on any atom is -0.339 e. The molecule has 0 fully saturated rings. The predicted octanol–water partition coefficient (Wildman–Crippen LogP) is 2.89. The largest absolute Gasteiger partial charge is 0.339 e. The second-order valence-corrected chi connectivity index (χ2v) is 4.58. The van der Waals surface area contributed by atoms with Crippen LogP contribution >= 0.6 is 0 Å². The molecule has 5 heteroatoms. The first-order valence-corrected chi connectivity index (χ1v) is 6.10. The Balaban J connectivity index is 1.99. The van der Waals surface area contributed by atoms with E-state index in [0.717, 1.165) is 5.56 Å². The van der Waals surface area contributed by atoms with E-state index in [-0.39, 0.29) is 11.7 Å². The van der Waals surface area contributed by atoms with Crippen LogP contribution in [0, 0.1) is 23.1 Å². The van der Waals surface area contributed by atoms with Crippen LogP contribution in [0.4, 0.5) is 4.39 Å². The molecule has 0 aliphatic carbocycles. The minimum absolute atomic E-state index is 0.187. The maximum atomic E-state index is 13.0. The zero-order chi connectivity index (χ0) is 13.7. The second kappa shape index (κ2) is 6.10. The molecule has 2 aromatic rings. The van der Waals surface area contributed by atoms with E-state index in [1.165, 1.54) is 12.1 Å². The lowest BCUT2D eigenvalue weighted by molar-refractivity contribution is 0.355. The van der Waals surface area contributed by atoms with Gasteiger partial charge in [-0.1, -0.05) is 24.2 Å². The topological polar surface area (TPSA) is 62.7 Å². The van der Waals surface area contributed by atoms with Crippen molar-refractivity contribution in [2.75, 3.05) is 0 Å². The van der Waals surface area contributed by atoms with E-state index in [1.807, 2.05) is 13.0 Å². The smallest absolute Gasteiger partial charge is 0.226 e. The van der Waals surface area contributed by atoms with Crippen LogP contribution in [-0.2, 0) is 12.8 Å². The fourth-order valence-electron chi connectivity index (χ4n) is 1.80. The van der Waals surface area contributed by atoms with E-state index in [9.17, 15) is 4.39 Å². The standard InChI is InChI=1S/C14H14FN3O/c1-10(5-6-16)7-14-17-13(18-19-14)9-11-3-2-4-12(15)8-11/h2-4,8,10H,5,7,9H2,1H3. The van der Waals surface area contributed by atoms with Crippen molar-refractivity contribution >= 4 is 0 Å². The molecule has 0 spiro atoms. The Kier molecular flexibility index (Phi) is 4.24. The molecule has 2 rings (SSSR count). The lowest BCUT2D eigenvalue weighted by Gasteiger charge is -2.00. The summed E-state index contributed by atoms with van der Waals surface area (Å²) in [6.07, 6.45) is 1.49. The Hall–Kier alpha value is -2.22. The van der Waals surface area contributed by atoms with E-state index in [4.69, 9.17) is 9.78 Å². The first-order chi connectivity index (χ1) is 9.17. The molecule has 1 unspecified atom stereocenters. The van der Waals surface area contributed by atoms with E-state index in [1.54, 1.807) is 6.07 Å². The van der Waals surface area contributed by atoms with Gasteiger partial charge in [0.15, 0.2) is 5.82 Å². The summed E-state index contributed by atoms with van der Waals surface area (Å²) >= 11 is 0. The van der Waals surface area contributed by atoms with Gasteiger partial charge in [0.25, 0.3) is 0 Å². The van der Waals surface area contributed by atoms with Crippen LogP contribution in [0.1, 0.15) is 30.6 Å². The SMILES string of the molecule is CC(CC#N)Cc1nc(Cc2cccc(F)c2)no1. The van der Waals surface area contributed by atoms with Crippen LogP contribution in [-0.4, -0.2) is 10.1 Å². The third kappa shape index (κ3) is 3.88. The molecule has 1 atom stereocenters. The fraction of sp³-hybridized carbons (Fsp3) is 0.357. The van der Waals surface area contributed by atoms with Gasteiger partial charge in [0.1, 0.15) is 5.82 Å². The maximum absolute atomic E-state index is 13.0. The van der Waals surface area contributed by atoms with Crippen molar-refractivity contribution in [1.82, 2.24) is 10.1 Å². The summed E-state index contributed by atoms with van der Waals surface area (Å²) in [5, 5.41) is 12.5. The second-order valence-electron chi connectivity index (χ2n) is 4.58.